The highest BCUT2D eigenvalue weighted by molar-refractivity contribution is 5.90. The van der Waals surface area contributed by atoms with Gasteiger partial charge in [0.2, 0.25) is 6.79 Å². The van der Waals surface area contributed by atoms with Crippen LogP contribution in [0.5, 0.6) is 11.5 Å². The van der Waals surface area contributed by atoms with E-state index in [2.05, 4.69) is 53.3 Å². The van der Waals surface area contributed by atoms with Crippen LogP contribution in [0.2, 0.25) is 0 Å². The lowest BCUT2D eigenvalue weighted by Crippen LogP contribution is -2.44. The van der Waals surface area contributed by atoms with Gasteiger partial charge in [-0.3, -0.25) is 0 Å². The molecular weight excluding hydrogens is 354 g/mol. The standard InChI is InChI=1S/C22H21N3O3/c1-15-4-6-16(7-5-15)21-18-3-2-10-24(18)11-12-25(21)22(26)23-17-8-9-19-20(13-17)28-14-27-19/h2-10,13,21H,11-12,14H2,1H3,(H,23,26). The van der Waals surface area contributed by atoms with Crippen molar-refractivity contribution in [3.63, 3.8) is 0 Å². The summed E-state index contributed by atoms with van der Waals surface area (Å²) in [5.74, 6) is 1.35. The van der Waals surface area contributed by atoms with Crippen LogP contribution >= 0.6 is 0 Å². The third-order valence-electron chi connectivity index (χ3n) is 5.32. The van der Waals surface area contributed by atoms with Gasteiger partial charge in [-0.05, 0) is 36.8 Å². The monoisotopic (exact) mass is 375 g/mol. The number of rotatable bonds is 2. The average Bonchev–Trinajstić information content (AvgIpc) is 3.36. The van der Waals surface area contributed by atoms with Gasteiger partial charge in [-0.25, -0.2) is 4.79 Å². The largest absolute Gasteiger partial charge is 0.454 e. The fourth-order valence-corrected chi connectivity index (χ4v) is 3.87. The lowest BCUT2D eigenvalue weighted by molar-refractivity contribution is 0.174. The molecule has 0 bridgehead atoms. The molecule has 2 aliphatic heterocycles. The van der Waals surface area contributed by atoms with Gasteiger partial charge in [0.25, 0.3) is 0 Å². The summed E-state index contributed by atoms with van der Waals surface area (Å²) in [7, 11) is 0. The molecule has 5 rings (SSSR count). The summed E-state index contributed by atoms with van der Waals surface area (Å²) < 4.78 is 13.0. The van der Waals surface area contributed by atoms with Crippen molar-refractivity contribution in [2.45, 2.75) is 19.5 Å². The number of anilines is 1. The molecule has 0 fully saturated rings. The van der Waals surface area contributed by atoms with E-state index in [9.17, 15) is 4.79 Å². The van der Waals surface area contributed by atoms with Crippen LogP contribution in [0.15, 0.2) is 60.8 Å². The quantitative estimate of drug-likeness (QED) is 0.732. The predicted molar refractivity (Wildman–Crippen MR) is 106 cm³/mol. The molecule has 1 aromatic heterocycles. The third kappa shape index (κ3) is 2.87. The van der Waals surface area contributed by atoms with E-state index < -0.39 is 0 Å². The number of hydrogen-bond donors (Lipinski definition) is 1. The zero-order valence-electron chi connectivity index (χ0n) is 15.6. The van der Waals surface area contributed by atoms with E-state index in [4.69, 9.17) is 9.47 Å². The molecule has 0 spiro atoms. The van der Waals surface area contributed by atoms with Crippen molar-refractivity contribution in [1.82, 2.24) is 9.47 Å². The minimum Gasteiger partial charge on any atom is -0.454 e. The fraction of sp³-hybridized carbons (Fsp3) is 0.227. The first kappa shape index (κ1) is 16.7. The van der Waals surface area contributed by atoms with Crippen molar-refractivity contribution in [2.24, 2.45) is 0 Å². The minimum atomic E-state index is -0.128. The molecule has 28 heavy (non-hydrogen) atoms. The molecule has 2 amide bonds. The van der Waals surface area contributed by atoms with Gasteiger partial charge in [-0.2, -0.15) is 0 Å². The van der Waals surface area contributed by atoms with Crippen LogP contribution in [0, 0.1) is 6.92 Å². The predicted octanol–water partition coefficient (Wildman–Crippen LogP) is 4.16. The summed E-state index contributed by atoms with van der Waals surface area (Å²) in [5.41, 5.74) is 4.12. The van der Waals surface area contributed by atoms with Gasteiger partial charge in [0, 0.05) is 36.7 Å². The molecule has 142 valence electrons. The first-order valence-corrected chi connectivity index (χ1v) is 9.38. The van der Waals surface area contributed by atoms with Crippen molar-refractivity contribution in [3.05, 3.63) is 77.6 Å². The Morgan fingerprint density at radius 2 is 1.86 bits per heavy atom. The van der Waals surface area contributed by atoms with Crippen LogP contribution in [-0.4, -0.2) is 28.8 Å². The number of amides is 2. The van der Waals surface area contributed by atoms with Crippen LogP contribution in [0.1, 0.15) is 22.9 Å². The van der Waals surface area contributed by atoms with Crippen LogP contribution in [0.3, 0.4) is 0 Å². The Balaban J connectivity index is 1.45. The Morgan fingerprint density at radius 1 is 1.04 bits per heavy atom. The van der Waals surface area contributed by atoms with Gasteiger partial charge >= 0.3 is 6.03 Å². The van der Waals surface area contributed by atoms with Crippen molar-refractivity contribution in [1.29, 1.82) is 0 Å². The van der Waals surface area contributed by atoms with Crippen molar-refractivity contribution >= 4 is 11.7 Å². The summed E-state index contributed by atoms with van der Waals surface area (Å²) in [4.78, 5) is 15.1. The molecule has 2 aliphatic rings. The molecular formula is C22H21N3O3. The Morgan fingerprint density at radius 3 is 2.71 bits per heavy atom. The number of ether oxygens (including phenoxy) is 2. The second-order valence-electron chi connectivity index (χ2n) is 7.13. The highest BCUT2D eigenvalue weighted by Gasteiger charge is 2.32. The van der Waals surface area contributed by atoms with Crippen LogP contribution in [0.25, 0.3) is 0 Å². The maximum atomic E-state index is 13.2. The SMILES string of the molecule is Cc1ccc(C2c3cccn3CCN2C(=O)Nc2ccc3c(c2)OCO3)cc1. The van der Waals surface area contributed by atoms with E-state index in [-0.39, 0.29) is 18.9 Å². The second kappa shape index (κ2) is 6.64. The summed E-state index contributed by atoms with van der Waals surface area (Å²) in [6, 6.07) is 17.7. The van der Waals surface area contributed by atoms with Crippen LogP contribution in [-0.2, 0) is 6.54 Å². The molecule has 2 aromatic carbocycles. The van der Waals surface area contributed by atoms with Crippen molar-refractivity contribution in [2.75, 3.05) is 18.7 Å². The van der Waals surface area contributed by atoms with Gasteiger partial charge in [-0.15, -0.1) is 0 Å². The van der Waals surface area contributed by atoms with Crippen LogP contribution in [0.4, 0.5) is 10.5 Å². The van der Waals surface area contributed by atoms with E-state index in [1.807, 2.05) is 23.1 Å². The van der Waals surface area contributed by atoms with Gasteiger partial charge in [0.15, 0.2) is 11.5 Å². The summed E-state index contributed by atoms with van der Waals surface area (Å²) in [5, 5.41) is 3.02. The maximum absolute atomic E-state index is 13.2. The Labute approximate surface area is 163 Å². The number of hydrogen-bond acceptors (Lipinski definition) is 3. The van der Waals surface area contributed by atoms with Gasteiger partial charge in [-0.1, -0.05) is 29.8 Å². The number of nitrogens with one attached hydrogen (secondary N) is 1. The number of carbonyl (C=O) groups excluding carboxylic acids is 1. The maximum Gasteiger partial charge on any atom is 0.322 e. The lowest BCUT2D eigenvalue weighted by atomic mass is 9.99. The molecule has 1 N–H and O–H groups in total. The first-order valence-electron chi connectivity index (χ1n) is 9.38. The normalized spacial score (nSPS) is 17.3. The molecule has 0 saturated carbocycles. The second-order valence-corrected chi connectivity index (χ2v) is 7.13. The van der Waals surface area contributed by atoms with E-state index in [0.717, 1.165) is 17.8 Å². The number of carbonyl (C=O) groups is 1. The third-order valence-corrected chi connectivity index (χ3v) is 5.32. The molecule has 6 nitrogen and oxygen atoms in total. The van der Waals surface area contributed by atoms with E-state index in [1.54, 1.807) is 6.07 Å². The number of benzene rings is 2. The molecule has 3 heterocycles. The fourth-order valence-electron chi connectivity index (χ4n) is 3.87. The molecule has 0 radical (unpaired) electrons. The molecule has 1 unspecified atom stereocenters. The highest BCUT2D eigenvalue weighted by Crippen LogP contribution is 2.36. The van der Waals surface area contributed by atoms with Crippen LogP contribution < -0.4 is 14.8 Å². The van der Waals surface area contributed by atoms with Gasteiger partial charge in [0.1, 0.15) is 0 Å². The van der Waals surface area contributed by atoms with Crippen molar-refractivity contribution < 1.29 is 14.3 Å². The minimum absolute atomic E-state index is 0.127. The lowest BCUT2D eigenvalue weighted by Gasteiger charge is -2.37. The number of nitrogens with zero attached hydrogens (tertiary/aromatic N) is 2. The van der Waals surface area contributed by atoms with Gasteiger partial charge in [0.05, 0.1) is 6.04 Å². The molecule has 3 aromatic rings. The van der Waals surface area contributed by atoms with E-state index in [0.29, 0.717) is 23.7 Å². The Hall–Kier alpha value is -3.41. The molecule has 6 heteroatoms. The Bertz CT molecular complexity index is 1030. The topological polar surface area (TPSA) is 55.7 Å². The summed E-state index contributed by atoms with van der Waals surface area (Å²) >= 11 is 0. The van der Waals surface area contributed by atoms with Gasteiger partial charge < -0.3 is 24.3 Å². The zero-order chi connectivity index (χ0) is 19.1. The number of fused-ring (bicyclic) bond motifs is 2. The molecule has 0 saturated heterocycles. The Kier molecular flexibility index (Phi) is 3.97. The summed E-state index contributed by atoms with van der Waals surface area (Å²) in [6.07, 6.45) is 2.07. The number of aryl methyl sites for hydroxylation is 1. The summed E-state index contributed by atoms with van der Waals surface area (Å²) in [6.45, 7) is 3.69. The van der Waals surface area contributed by atoms with Crippen molar-refractivity contribution in [3.8, 4) is 11.5 Å². The van der Waals surface area contributed by atoms with E-state index in [1.165, 1.54) is 5.56 Å². The average molecular weight is 375 g/mol. The number of urea groups is 1. The molecule has 1 atom stereocenters. The smallest absolute Gasteiger partial charge is 0.322 e. The highest BCUT2D eigenvalue weighted by atomic mass is 16.7. The zero-order valence-corrected chi connectivity index (χ0v) is 15.6. The number of aromatic nitrogens is 1. The van der Waals surface area contributed by atoms with E-state index >= 15 is 0 Å². The molecule has 0 aliphatic carbocycles. The first-order chi connectivity index (χ1) is 13.7.